The van der Waals surface area contributed by atoms with Gasteiger partial charge in [0.1, 0.15) is 11.5 Å². The first-order valence-corrected chi connectivity index (χ1v) is 9.14. The van der Waals surface area contributed by atoms with Crippen molar-refractivity contribution < 1.29 is 14.3 Å². The molecule has 1 amide bonds. The molecular weight excluding hydrogens is 382 g/mol. The molecule has 2 rings (SSSR count). The van der Waals surface area contributed by atoms with Gasteiger partial charge >= 0.3 is 0 Å². The van der Waals surface area contributed by atoms with E-state index >= 15 is 0 Å². The number of hydrogen-bond acceptors (Lipinski definition) is 3. The van der Waals surface area contributed by atoms with E-state index in [9.17, 15) is 4.79 Å². The van der Waals surface area contributed by atoms with Crippen LogP contribution in [0.1, 0.15) is 43.6 Å². The molecule has 0 saturated carbocycles. The predicted molar refractivity (Wildman–Crippen MR) is 103 cm³/mol. The molecule has 0 saturated heterocycles. The molecule has 0 heterocycles. The number of benzene rings is 2. The van der Waals surface area contributed by atoms with Gasteiger partial charge in [-0.25, -0.2) is 0 Å². The molecule has 0 bridgehead atoms. The Bertz CT molecular complexity index is 711. The highest BCUT2D eigenvalue weighted by molar-refractivity contribution is 9.10. The van der Waals surface area contributed by atoms with Gasteiger partial charge in [0.25, 0.3) is 5.91 Å². The molecule has 0 spiro atoms. The minimum Gasteiger partial charge on any atom is -0.491 e. The molecule has 0 aliphatic carbocycles. The van der Waals surface area contributed by atoms with Crippen molar-refractivity contribution in [3.8, 4) is 11.5 Å². The lowest BCUT2D eigenvalue weighted by molar-refractivity contribution is 0.0945. The maximum absolute atomic E-state index is 12.5. The lowest BCUT2D eigenvalue weighted by Gasteiger charge is -2.15. The number of carbonyl (C=O) groups excluding carboxylic acids is 1. The third-order valence-corrected chi connectivity index (χ3v) is 3.79. The number of carbonyl (C=O) groups is 1. The van der Waals surface area contributed by atoms with Crippen molar-refractivity contribution in [2.75, 3.05) is 0 Å². The van der Waals surface area contributed by atoms with Crippen LogP contribution in [0.4, 0.5) is 0 Å². The van der Waals surface area contributed by atoms with Crippen LogP contribution in [0.5, 0.6) is 11.5 Å². The van der Waals surface area contributed by atoms with Crippen molar-refractivity contribution >= 4 is 21.8 Å². The van der Waals surface area contributed by atoms with E-state index in [2.05, 4.69) is 21.2 Å². The second-order valence-corrected chi connectivity index (χ2v) is 7.22. The third kappa shape index (κ3) is 6.09. The SMILES string of the molecule is CC(C)Oc1ccc(CNC(=O)c2cc(Br)ccc2OC(C)C)cc1. The number of rotatable bonds is 7. The average Bonchev–Trinajstić information content (AvgIpc) is 2.54. The number of nitrogens with one attached hydrogen (secondary N) is 1. The van der Waals surface area contributed by atoms with E-state index in [0.29, 0.717) is 17.9 Å². The molecule has 25 heavy (non-hydrogen) atoms. The molecule has 0 atom stereocenters. The molecule has 0 unspecified atom stereocenters. The fourth-order valence-corrected chi connectivity index (χ4v) is 2.63. The lowest BCUT2D eigenvalue weighted by Crippen LogP contribution is -2.24. The summed E-state index contributed by atoms with van der Waals surface area (Å²) in [5, 5.41) is 2.94. The van der Waals surface area contributed by atoms with Gasteiger partial charge in [-0.1, -0.05) is 28.1 Å². The van der Waals surface area contributed by atoms with Crippen LogP contribution in [0, 0.1) is 0 Å². The molecule has 134 valence electrons. The van der Waals surface area contributed by atoms with E-state index < -0.39 is 0 Å². The van der Waals surface area contributed by atoms with E-state index in [0.717, 1.165) is 15.8 Å². The zero-order chi connectivity index (χ0) is 18.4. The number of hydrogen-bond donors (Lipinski definition) is 1. The molecule has 4 nitrogen and oxygen atoms in total. The summed E-state index contributed by atoms with van der Waals surface area (Å²) >= 11 is 3.40. The molecule has 0 radical (unpaired) electrons. The monoisotopic (exact) mass is 405 g/mol. The van der Waals surface area contributed by atoms with Crippen LogP contribution < -0.4 is 14.8 Å². The first-order chi connectivity index (χ1) is 11.8. The summed E-state index contributed by atoms with van der Waals surface area (Å²) in [5.74, 6) is 1.24. The number of halogens is 1. The third-order valence-electron chi connectivity index (χ3n) is 3.30. The molecule has 5 heteroatoms. The molecule has 0 aromatic heterocycles. The molecular formula is C20H24BrNO3. The minimum absolute atomic E-state index is 0.00114. The van der Waals surface area contributed by atoms with E-state index in [1.165, 1.54) is 0 Å². The van der Waals surface area contributed by atoms with Crippen molar-refractivity contribution in [2.24, 2.45) is 0 Å². The molecule has 2 aromatic carbocycles. The fourth-order valence-electron chi connectivity index (χ4n) is 2.27. The first kappa shape index (κ1) is 19.3. The Balaban J connectivity index is 2.03. The summed E-state index contributed by atoms with van der Waals surface area (Å²) in [6.07, 6.45) is 0.141. The quantitative estimate of drug-likeness (QED) is 0.708. The molecule has 0 aliphatic rings. The first-order valence-electron chi connectivity index (χ1n) is 8.35. The van der Waals surface area contributed by atoms with Crippen LogP contribution in [0.2, 0.25) is 0 Å². The highest BCUT2D eigenvalue weighted by Crippen LogP contribution is 2.24. The van der Waals surface area contributed by atoms with Crippen molar-refractivity contribution in [3.05, 3.63) is 58.1 Å². The summed E-state index contributed by atoms with van der Waals surface area (Å²) in [7, 11) is 0. The zero-order valence-electron chi connectivity index (χ0n) is 15.0. The standard InChI is InChI=1S/C20H24BrNO3/c1-13(2)24-17-8-5-15(6-9-17)12-22-20(23)18-11-16(21)7-10-19(18)25-14(3)4/h5-11,13-14H,12H2,1-4H3,(H,22,23). The van der Waals surface area contributed by atoms with E-state index in [1.807, 2.05) is 58.0 Å². The normalized spacial score (nSPS) is 10.8. The molecule has 0 fully saturated rings. The van der Waals surface area contributed by atoms with E-state index in [4.69, 9.17) is 9.47 Å². The van der Waals surface area contributed by atoms with Gasteiger partial charge in [-0.15, -0.1) is 0 Å². The van der Waals surface area contributed by atoms with Crippen molar-refractivity contribution in [3.63, 3.8) is 0 Å². The molecule has 0 aliphatic heterocycles. The van der Waals surface area contributed by atoms with Gasteiger partial charge in [0.2, 0.25) is 0 Å². The summed E-state index contributed by atoms with van der Waals surface area (Å²) in [6, 6.07) is 13.2. The summed E-state index contributed by atoms with van der Waals surface area (Å²) in [5.41, 5.74) is 1.52. The molecule has 2 aromatic rings. The van der Waals surface area contributed by atoms with Gasteiger partial charge in [-0.3, -0.25) is 4.79 Å². The Morgan fingerprint density at radius 2 is 1.64 bits per heavy atom. The van der Waals surface area contributed by atoms with E-state index in [1.54, 1.807) is 12.1 Å². The topological polar surface area (TPSA) is 47.6 Å². The van der Waals surface area contributed by atoms with Crippen molar-refractivity contribution in [2.45, 2.75) is 46.4 Å². The molecule has 1 N–H and O–H groups in total. The van der Waals surface area contributed by atoms with E-state index in [-0.39, 0.29) is 18.1 Å². The van der Waals surface area contributed by atoms with Crippen LogP contribution in [0.15, 0.2) is 46.9 Å². The van der Waals surface area contributed by atoms with Crippen LogP contribution in [-0.2, 0) is 6.54 Å². The van der Waals surface area contributed by atoms with Gasteiger partial charge in [0.15, 0.2) is 0 Å². The number of ether oxygens (including phenoxy) is 2. The van der Waals surface area contributed by atoms with Gasteiger partial charge in [-0.05, 0) is 63.6 Å². The van der Waals surface area contributed by atoms with Crippen molar-refractivity contribution in [1.29, 1.82) is 0 Å². The minimum atomic E-state index is -0.167. The lowest BCUT2D eigenvalue weighted by atomic mass is 10.1. The zero-order valence-corrected chi connectivity index (χ0v) is 16.6. The second-order valence-electron chi connectivity index (χ2n) is 6.30. The predicted octanol–water partition coefficient (Wildman–Crippen LogP) is 4.95. The van der Waals surface area contributed by atoms with Gasteiger partial charge in [-0.2, -0.15) is 0 Å². The Labute approximate surface area is 157 Å². The Kier molecular flexibility index (Phi) is 6.88. The van der Waals surface area contributed by atoms with Gasteiger partial charge in [0.05, 0.1) is 17.8 Å². The maximum Gasteiger partial charge on any atom is 0.255 e. The summed E-state index contributed by atoms with van der Waals surface area (Å²) in [4.78, 5) is 12.5. The average molecular weight is 406 g/mol. The Morgan fingerprint density at radius 1 is 1.00 bits per heavy atom. The van der Waals surface area contributed by atoms with Crippen molar-refractivity contribution in [1.82, 2.24) is 5.32 Å². The second kappa shape index (κ2) is 8.90. The largest absolute Gasteiger partial charge is 0.491 e. The Morgan fingerprint density at radius 3 is 2.24 bits per heavy atom. The fraction of sp³-hybridized carbons (Fsp3) is 0.350. The summed E-state index contributed by atoms with van der Waals surface area (Å²) < 4.78 is 12.2. The maximum atomic E-state index is 12.5. The summed E-state index contributed by atoms with van der Waals surface area (Å²) in [6.45, 7) is 8.29. The number of amides is 1. The highest BCUT2D eigenvalue weighted by atomic mass is 79.9. The smallest absolute Gasteiger partial charge is 0.255 e. The van der Waals surface area contributed by atoms with Crippen LogP contribution in [0.3, 0.4) is 0 Å². The Hall–Kier alpha value is -2.01. The van der Waals surface area contributed by atoms with Crippen LogP contribution in [0.25, 0.3) is 0 Å². The van der Waals surface area contributed by atoms with Crippen LogP contribution in [-0.4, -0.2) is 18.1 Å². The highest BCUT2D eigenvalue weighted by Gasteiger charge is 2.14. The van der Waals surface area contributed by atoms with Crippen LogP contribution >= 0.6 is 15.9 Å². The van der Waals surface area contributed by atoms with Gasteiger partial charge < -0.3 is 14.8 Å². The van der Waals surface area contributed by atoms with Gasteiger partial charge in [0, 0.05) is 11.0 Å².